The van der Waals surface area contributed by atoms with Crippen molar-refractivity contribution in [2.45, 2.75) is 45.1 Å². The monoisotopic (exact) mass is 495 g/mol. The van der Waals surface area contributed by atoms with Crippen LogP contribution in [-0.2, 0) is 14.3 Å². The third-order valence-corrected chi connectivity index (χ3v) is 7.44. The van der Waals surface area contributed by atoms with E-state index in [9.17, 15) is 9.59 Å². The Morgan fingerprint density at radius 1 is 1.28 bits per heavy atom. The molecule has 32 heavy (non-hydrogen) atoms. The highest BCUT2D eigenvalue weighted by atomic mass is 35.5. The molecule has 9 heteroatoms. The number of benzene rings is 1. The number of piperidine rings is 1. The van der Waals surface area contributed by atoms with E-state index in [1.165, 1.54) is 11.3 Å². The molecule has 2 saturated heterocycles. The van der Waals surface area contributed by atoms with Crippen LogP contribution in [0, 0.1) is 5.92 Å². The normalized spacial score (nSPS) is 21.0. The Kier molecular flexibility index (Phi) is 7.71. The Bertz CT molecular complexity index is 977. The molecular weight excluding hydrogens is 469 g/mol. The first kappa shape index (κ1) is 23.5. The number of ether oxygens (including phenoxy) is 1. The summed E-state index contributed by atoms with van der Waals surface area (Å²) in [5, 5.41) is 3.62. The van der Waals surface area contributed by atoms with Crippen LogP contribution in [0.3, 0.4) is 0 Å². The van der Waals surface area contributed by atoms with Crippen molar-refractivity contribution in [1.82, 2.24) is 9.88 Å². The van der Waals surface area contributed by atoms with Crippen LogP contribution >= 0.6 is 34.5 Å². The molecule has 0 bridgehead atoms. The summed E-state index contributed by atoms with van der Waals surface area (Å²) >= 11 is 13.8. The second-order valence-electron chi connectivity index (χ2n) is 8.26. The van der Waals surface area contributed by atoms with Crippen LogP contribution in [0.5, 0.6) is 0 Å². The van der Waals surface area contributed by atoms with E-state index >= 15 is 0 Å². The number of rotatable bonds is 6. The number of likely N-dealkylation sites (tertiary alicyclic amines) is 1. The van der Waals surface area contributed by atoms with E-state index in [1.54, 1.807) is 17.0 Å². The summed E-state index contributed by atoms with van der Waals surface area (Å²) in [6, 6.07) is 5.30. The first-order valence-electron chi connectivity index (χ1n) is 11.1. The SMILES string of the molecule is CCC(=O)N1CCCC(C(=O)N(CC2CCCO2)c2nc(-c3ccc(Cl)cc3Cl)cs2)C1. The molecule has 3 heterocycles. The summed E-state index contributed by atoms with van der Waals surface area (Å²) in [6.07, 6.45) is 3.99. The molecule has 0 N–H and O–H groups in total. The predicted octanol–water partition coefficient (Wildman–Crippen LogP) is 5.28. The van der Waals surface area contributed by atoms with Crippen molar-refractivity contribution in [3.8, 4) is 11.3 Å². The third kappa shape index (κ3) is 5.28. The van der Waals surface area contributed by atoms with Crippen LogP contribution in [0.1, 0.15) is 39.0 Å². The van der Waals surface area contributed by atoms with Gasteiger partial charge >= 0.3 is 0 Å². The van der Waals surface area contributed by atoms with Gasteiger partial charge in [-0.05, 0) is 43.9 Å². The predicted molar refractivity (Wildman–Crippen MR) is 128 cm³/mol. The van der Waals surface area contributed by atoms with E-state index in [-0.39, 0.29) is 23.8 Å². The molecule has 2 fully saturated rings. The third-order valence-electron chi connectivity index (χ3n) is 6.03. The average Bonchev–Trinajstić information content (AvgIpc) is 3.49. The fourth-order valence-electron chi connectivity index (χ4n) is 4.31. The number of anilines is 1. The smallest absolute Gasteiger partial charge is 0.233 e. The van der Waals surface area contributed by atoms with Crippen LogP contribution in [-0.4, -0.2) is 54.0 Å². The highest BCUT2D eigenvalue weighted by molar-refractivity contribution is 7.14. The van der Waals surface area contributed by atoms with E-state index in [4.69, 9.17) is 32.9 Å². The second kappa shape index (κ2) is 10.5. The van der Waals surface area contributed by atoms with Crippen molar-refractivity contribution < 1.29 is 14.3 Å². The van der Waals surface area contributed by atoms with Gasteiger partial charge in [-0.15, -0.1) is 11.3 Å². The van der Waals surface area contributed by atoms with Crippen LogP contribution < -0.4 is 4.90 Å². The lowest BCUT2D eigenvalue weighted by Crippen LogP contribution is -2.48. The van der Waals surface area contributed by atoms with E-state index in [0.29, 0.717) is 40.4 Å². The van der Waals surface area contributed by atoms with E-state index in [0.717, 1.165) is 44.4 Å². The Hall–Kier alpha value is -1.67. The number of thiazole rings is 1. The molecule has 172 valence electrons. The molecule has 0 saturated carbocycles. The Balaban J connectivity index is 1.59. The molecule has 2 aliphatic heterocycles. The first-order valence-corrected chi connectivity index (χ1v) is 12.7. The number of carbonyl (C=O) groups excluding carboxylic acids is 2. The lowest BCUT2D eigenvalue weighted by Gasteiger charge is -2.34. The minimum Gasteiger partial charge on any atom is -0.376 e. The van der Waals surface area contributed by atoms with Gasteiger partial charge in [-0.2, -0.15) is 0 Å². The number of nitrogens with zero attached hydrogens (tertiary/aromatic N) is 3. The first-order chi connectivity index (χ1) is 15.5. The lowest BCUT2D eigenvalue weighted by atomic mass is 9.96. The zero-order valence-electron chi connectivity index (χ0n) is 18.1. The topological polar surface area (TPSA) is 62.7 Å². The summed E-state index contributed by atoms with van der Waals surface area (Å²) in [7, 11) is 0. The van der Waals surface area contributed by atoms with Crippen molar-refractivity contribution in [2.75, 3.05) is 31.1 Å². The fourth-order valence-corrected chi connectivity index (χ4v) is 5.66. The number of aromatic nitrogens is 1. The zero-order chi connectivity index (χ0) is 22.7. The van der Waals surface area contributed by atoms with Gasteiger partial charge < -0.3 is 9.64 Å². The fraction of sp³-hybridized carbons (Fsp3) is 0.522. The van der Waals surface area contributed by atoms with Gasteiger partial charge in [0, 0.05) is 42.1 Å². The van der Waals surface area contributed by atoms with Crippen LogP contribution in [0.2, 0.25) is 10.0 Å². The number of hydrogen-bond donors (Lipinski definition) is 0. The summed E-state index contributed by atoms with van der Waals surface area (Å²) in [5.41, 5.74) is 1.49. The summed E-state index contributed by atoms with van der Waals surface area (Å²) in [5.74, 6) is -0.119. The molecular formula is C23H27Cl2N3O3S. The maximum atomic E-state index is 13.7. The number of carbonyl (C=O) groups is 2. The van der Waals surface area contributed by atoms with Gasteiger partial charge in [-0.3, -0.25) is 14.5 Å². The van der Waals surface area contributed by atoms with Crippen LogP contribution in [0.15, 0.2) is 23.6 Å². The van der Waals surface area contributed by atoms with E-state index in [1.807, 2.05) is 23.3 Å². The molecule has 1 aromatic carbocycles. The Morgan fingerprint density at radius 3 is 2.84 bits per heavy atom. The summed E-state index contributed by atoms with van der Waals surface area (Å²) in [4.78, 5) is 34.2. The Morgan fingerprint density at radius 2 is 2.12 bits per heavy atom. The molecule has 2 aromatic rings. The molecule has 2 aliphatic rings. The quantitative estimate of drug-likeness (QED) is 0.546. The number of hydrogen-bond acceptors (Lipinski definition) is 5. The molecule has 0 radical (unpaired) electrons. The number of amides is 2. The van der Waals surface area contributed by atoms with Gasteiger partial charge in [0.2, 0.25) is 11.8 Å². The average molecular weight is 496 g/mol. The lowest BCUT2D eigenvalue weighted by molar-refractivity contribution is -0.134. The highest BCUT2D eigenvalue weighted by Crippen LogP contribution is 2.35. The van der Waals surface area contributed by atoms with Crippen LogP contribution in [0.4, 0.5) is 5.13 Å². The van der Waals surface area contributed by atoms with Gasteiger partial charge in [-0.25, -0.2) is 4.98 Å². The molecule has 2 amide bonds. The second-order valence-corrected chi connectivity index (χ2v) is 9.94. The van der Waals surface area contributed by atoms with Gasteiger partial charge in [0.15, 0.2) is 5.13 Å². The molecule has 2 atom stereocenters. The summed E-state index contributed by atoms with van der Waals surface area (Å²) < 4.78 is 5.83. The van der Waals surface area contributed by atoms with Crippen molar-refractivity contribution >= 4 is 51.5 Å². The van der Waals surface area contributed by atoms with Gasteiger partial charge in [0.25, 0.3) is 0 Å². The van der Waals surface area contributed by atoms with Crippen molar-refractivity contribution in [2.24, 2.45) is 5.92 Å². The zero-order valence-corrected chi connectivity index (χ0v) is 20.4. The Labute approximate surface area is 202 Å². The summed E-state index contributed by atoms with van der Waals surface area (Å²) in [6.45, 7) is 4.24. The van der Waals surface area contributed by atoms with E-state index < -0.39 is 0 Å². The van der Waals surface area contributed by atoms with E-state index in [2.05, 4.69) is 0 Å². The molecule has 0 aliphatic carbocycles. The largest absolute Gasteiger partial charge is 0.376 e. The molecule has 1 aromatic heterocycles. The van der Waals surface area contributed by atoms with Gasteiger partial charge in [0.05, 0.1) is 29.3 Å². The minimum absolute atomic E-state index is 0.00221. The minimum atomic E-state index is -0.230. The van der Waals surface area contributed by atoms with Crippen molar-refractivity contribution in [1.29, 1.82) is 0 Å². The molecule has 0 spiro atoms. The van der Waals surface area contributed by atoms with Gasteiger partial charge in [-0.1, -0.05) is 30.1 Å². The standard InChI is InChI=1S/C23H27Cl2N3O3S/c1-2-21(29)27-9-3-5-15(12-27)22(30)28(13-17-6-4-10-31-17)23-26-20(14-32-23)18-8-7-16(24)11-19(18)25/h7-8,11,14-15,17H,2-6,9-10,12-13H2,1H3. The highest BCUT2D eigenvalue weighted by Gasteiger charge is 2.34. The maximum Gasteiger partial charge on any atom is 0.233 e. The van der Waals surface area contributed by atoms with Crippen molar-refractivity contribution in [3.05, 3.63) is 33.6 Å². The van der Waals surface area contributed by atoms with Gasteiger partial charge in [0.1, 0.15) is 0 Å². The molecule has 2 unspecified atom stereocenters. The number of halogens is 2. The molecule has 4 rings (SSSR count). The van der Waals surface area contributed by atoms with Crippen LogP contribution in [0.25, 0.3) is 11.3 Å². The molecule has 6 nitrogen and oxygen atoms in total. The maximum absolute atomic E-state index is 13.7. The van der Waals surface area contributed by atoms with Crippen molar-refractivity contribution in [3.63, 3.8) is 0 Å².